The molecular formula is C22H26N2O5. The summed E-state index contributed by atoms with van der Waals surface area (Å²) in [6.45, 7) is 2.67. The fourth-order valence-corrected chi connectivity index (χ4v) is 3.48. The first kappa shape index (κ1) is 20.6. The summed E-state index contributed by atoms with van der Waals surface area (Å²) in [6.07, 6.45) is 2.17. The van der Waals surface area contributed by atoms with Crippen molar-refractivity contribution in [2.24, 2.45) is 5.92 Å². The largest absolute Gasteiger partial charge is 0.481 e. The lowest BCUT2D eigenvalue weighted by Gasteiger charge is -2.31. The van der Waals surface area contributed by atoms with E-state index in [1.807, 2.05) is 24.3 Å². The molecule has 7 nitrogen and oxygen atoms in total. The average Bonchev–Trinajstić information content (AvgIpc) is 3.23. The lowest BCUT2D eigenvalue weighted by molar-refractivity contribution is -0.145. The van der Waals surface area contributed by atoms with Crippen LogP contribution in [0, 0.1) is 5.92 Å². The molecule has 1 aliphatic rings. The molecule has 1 saturated heterocycles. The van der Waals surface area contributed by atoms with Crippen molar-refractivity contribution in [1.82, 2.24) is 9.80 Å². The number of piperidine rings is 1. The first-order chi connectivity index (χ1) is 13.9. The predicted octanol–water partition coefficient (Wildman–Crippen LogP) is 2.90. The van der Waals surface area contributed by atoms with Gasteiger partial charge in [-0.15, -0.1) is 0 Å². The summed E-state index contributed by atoms with van der Waals surface area (Å²) in [5.41, 5.74) is 2.10. The van der Waals surface area contributed by atoms with Gasteiger partial charge in [-0.1, -0.05) is 31.2 Å². The maximum Gasteiger partial charge on any atom is 0.308 e. The van der Waals surface area contributed by atoms with E-state index in [9.17, 15) is 14.4 Å². The molecule has 2 amide bonds. The van der Waals surface area contributed by atoms with Crippen LogP contribution in [0.25, 0.3) is 11.3 Å². The van der Waals surface area contributed by atoms with Gasteiger partial charge < -0.3 is 19.3 Å². The zero-order valence-electron chi connectivity index (χ0n) is 16.8. The van der Waals surface area contributed by atoms with Gasteiger partial charge in [-0.3, -0.25) is 14.4 Å². The number of carbonyl (C=O) groups excluding carboxylic acids is 2. The first-order valence-electron chi connectivity index (χ1n) is 9.84. The molecule has 29 heavy (non-hydrogen) atoms. The highest BCUT2D eigenvalue weighted by Gasteiger charge is 2.29. The number of carboxylic acids is 1. The monoisotopic (exact) mass is 398 g/mol. The molecule has 0 bridgehead atoms. The molecule has 1 atom stereocenters. The average molecular weight is 398 g/mol. The first-order valence-corrected chi connectivity index (χ1v) is 9.84. The number of furan rings is 1. The molecule has 0 saturated carbocycles. The third-order valence-corrected chi connectivity index (χ3v) is 5.31. The SMILES string of the molecule is CCc1ccc(-c2ccc(C(=O)N(C)CC(=O)N3CCCC(C(=O)O)C3)o2)cc1. The van der Waals surface area contributed by atoms with E-state index < -0.39 is 11.9 Å². The lowest BCUT2D eigenvalue weighted by Crippen LogP contribution is -2.46. The van der Waals surface area contributed by atoms with Crippen LogP contribution < -0.4 is 0 Å². The number of hydrogen-bond acceptors (Lipinski definition) is 4. The standard InChI is InChI=1S/C22H26N2O5/c1-3-15-6-8-16(9-7-15)18-10-11-19(29-18)21(26)23(2)14-20(25)24-12-4-5-17(13-24)22(27)28/h6-11,17H,3-5,12-14H2,1-2H3,(H,27,28). The second kappa shape index (κ2) is 8.94. The van der Waals surface area contributed by atoms with Crippen LogP contribution in [0.1, 0.15) is 35.9 Å². The van der Waals surface area contributed by atoms with E-state index in [4.69, 9.17) is 9.52 Å². The third kappa shape index (κ3) is 4.85. The fraction of sp³-hybridized carbons (Fsp3) is 0.409. The number of amides is 2. The molecule has 154 valence electrons. The Kier molecular flexibility index (Phi) is 6.36. The van der Waals surface area contributed by atoms with Gasteiger partial charge in [-0.05, 0) is 37.0 Å². The van der Waals surface area contributed by atoms with Gasteiger partial charge >= 0.3 is 5.97 Å². The molecular weight excluding hydrogens is 372 g/mol. The summed E-state index contributed by atoms with van der Waals surface area (Å²) < 4.78 is 5.71. The Morgan fingerprint density at radius 1 is 1.17 bits per heavy atom. The number of rotatable bonds is 6. The van der Waals surface area contributed by atoms with E-state index in [0.29, 0.717) is 25.1 Å². The van der Waals surface area contributed by atoms with Crippen LogP contribution >= 0.6 is 0 Å². The molecule has 1 aromatic carbocycles. The highest BCUT2D eigenvalue weighted by Crippen LogP contribution is 2.23. The Hall–Kier alpha value is -3.09. The topological polar surface area (TPSA) is 91.1 Å². The number of likely N-dealkylation sites (N-methyl/N-ethyl adjacent to an activating group) is 1. The number of carbonyl (C=O) groups is 3. The van der Waals surface area contributed by atoms with Gasteiger partial charge in [0.05, 0.1) is 12.5 Å². The predicted molar refractivity (Wildman–Crippen MR) is 107 cm³/mol. The molecule has 1 fully saturated rings. The highest BCUT2D eigenvalue weighted by molar-refractivity contribution is 5.94. The van der Waals surface area contributed by atoms with Gasteiger partial charge in [-0.2, -0.15) is 0 Å². The van der Waals surface area contributed by atoms with Crippen LogP contribution in [0.2, 0.25) is 0 Å². The Morgan fingerprint density at radius 2 is 1.90 bits per heavy atom. The van der Waals surface area contributed by atoms with Gasteiger partial charge in [-0.25, -0.2) is 0 Å². The molecule has 1 unspecified atom stereocenters. The van der Waals surface area contributed by atoms with Crippen molar-refractivity contribution in [1.29, 1.82) is 0 Å². The van der Waals surface area contributed by atoms with Crippen LogP contribution in [0.3, 0.4) is 0 Å². The van der Waals surface area contributed by atoms with Crippen molar-refractivity contribution in [3.8, 4) is 11.3 Å². The number of aliphatic carboxylic acids is 1. The second-order valence-electron chi connectivity index (χ2n) is 7.39. The summed E-state index contributed by atoms with van der Waals surface area (Å²) >= 11 is 0. The Balaban J connectivity index is 1.62. The van der Waals surface area contributed by atoms with Gasteiger partial charge in [0.15, 0.2) is 5.76 Å². The zero-order chi connectivity index (χ0) is 21.0. The van der Waals surface area contributed by atoms with Crippen LogP contribution in [-0.2, 0) is 16.0 Å². The lowest BCUT2D eigenvalue weighted by atomic mass is 9.98. The van der Waals surface area contributed by atoms with Crippen LogP contribution in [0.4, 0.5) is 0 Å². The van der Waals surface area contributed by atoms with Crippen molar-refractivity contribution in [2.45, 2.75) is 26.2 Å². The molecule has 0 spiro atoms. The molecule has 3 rings (SSSR count). The van der Waals surface area contributed by atoms with Crippen molar-refractivity contribution >= 4 is 17.8 Å². The van der Waals surface area contributed by atoms with E-state index >= 15 is 0 Å². The minimum atomic E-state index is -0.887. The summed E-state index contributed by atoms with van der Waals surface area (Å²) in [5, 5.41) is 9.17. The molecule has 2 aromatic rings. The maximum absolute atomic E-state index is 12.6. The van der Waals surface area contributed by atoms with Crippen LogP contribution in [-0.4, -0.2) is 59.4 Å². The molecule has 1 N–H and O–H groups in total. The van der Waals surface area contributed by atoms with E-state index in [2.05, 4.69) is 6.92 Å². The Bertz CT molecular complexity index is 887. The van der Waals surface area contributed by atoms with Crippen molar-refractivity contribution in [3.05, 3.63) is 47.7 Å². The Morgan fingerprint density at radius 3 is 2.55 bits per heavy atom. The molecule has 2 heterocycles. The van der Waals surface area contributed by atoms with Gasteiger partial charge in [0.25, 0.3) is 5.91 Å². The Labute approximate surface area is 169 Å². The van der Waals surface area contributed by atoms with Gasteiger partial charge in [0, 0.05) is 25.7 Å². The zero-order valence-corrected chi connectivity index (χ0v) is 16.8. The number of nitrogens with zero attached hydrogens (tertiary/aromatic N) is 2. The van der Waals surface area contributed by atoms with Crippen molar-refractivity contribution in [2.75, 3.05) is 26.7 Å². The second-order valence-corrected chi connectivity index (χ2v) is 7.39. The number of likely N-dealkylation sites (tertiary alicyclic amines) is 1. The number of aryl methyl sites for hydroxylation is 1. The number of benzene rings is 1. The summed E-state index contributed by atoms with van der Waals surface area (Å²) in [6, 6.07) is 11.3. The number of carboxylic acid groups (broad SMARTS) is 1. The number of hydrogen-bond donors (Lipinski definition) is 1. The normalized spacial score (nSPS) is 16.5. The molecule has 1 aromatic heterocycles. The fourth-order valence-electron chi connectivity index (χ4n) is 3.48. The minimum absolute atomic E-state index is 0.119. The molecule has 1 aliphatic heterocycles. The van der Waals surface area contributed by atoms with Crippen molar-refractivity contribution in [3.63, 3.8) is 0 Å². The minimum Gasteiger partial charge on any atom is -0.481 e. The molecule has 0 aliphatic carbocycles. The quantitative estimate of drug-likeness (QED) is 0.808. The summed E-state index contributed by atoms with van der Waals surface area (Å²) in [5.74, 6) is -1.31. The van der Waals surface area contributed by atoms with Gasteiger partial charge in [0.2, 0.25) is 5.91 Å². The summed E-state index contributed by atoms with van der Waals surface area (Å²) in [4.78, 5) is 39.2. The highest BCUT2D eigenvalue weighted by atomic mass is 16.4. The molecule has 0 radical (unpaired) electrons. The third-order valence-electron chi connectivity index (χ3n) is 5.31. The van der Waals surface area contributed by atoms with E-state index in [0.717, 1.165) is 12.0 Å². The van der Waals surface area contributed by atoms with Crippen LogP contribution in [0.5, 0.6) is 0 Å². The van der Waals surface area contributed by atoms with Gasteiger partial charge in [0.1, 0.15) is 5.76 Å². The van der Waals surface area contributed by atoms with Crippen LogP contribution in [0.15, 0.2) is 40.8 Å². The smallest absolute Gasteiger partial charge is 0.308 e. The van der Waals surface area contributed by atoms with E-state index in [-0.39, 0.29) is 30.7 Å². The molecule has 7 heteroatoms. The summed E-state index contributed by atoms with van der Waals surface area (Å²) in [7, 11) is 1.54. The maximum atomic E-state index is 12.6. The van der Waals surface area contributed by atoms with E-state index in [1.54, 1.807) is 12.1 Å². The van der Waals surface area contributed by atoms with Crippen molar-refractivity contribution < 1.29 is 23.9 Å². The van der Waals surface area contributed by atoms with E-state index in [1.165, 1.54) is 22.4 Å².